The predicted octanol–water partition coefficient (Wildman–Crippen LogP) is 13.2. The van der Waals surface area contributed by atoms with Crippen LogP contribution in [0.25, 0.3) is 55.6 Å². The van der Waals surface area contributed by atoms with Gasteiger partial charge in [-0.1, -0.05) is 106 Å². The van der Waals surface area contributed by atoms with E-state index in [9.17, 15) is 0 Å². The molecule has 1 aliphatic carbocycles. The van der Waals surface area contributed by atoms with Crippen LogP contribution in [0.1, 0.15) is 91.1 Å². The van der Waals surface area contributed by atoms with Gasteiger partial charge in [0.25, 0.3) is 0 Å². The van der Waals surface area contributed by atoms with Gasteiger partial charge in [0.15, 0.2) is 0 Å². The van der Waals surface area contributed by atoms with E-state index in [-0.39, 0.29) is 31.1 Å². The predicted molar refractivity (Wildman–Crippen MR) is 213 cm³/mol. The molecule has 0 N–H and O–H groups in total. The summed E-state index contributed by atoms with van der Waals surface area (Å²) in [6.45, 7) is 7.91. The van der Waals surface area contributed by atoms with E-state index in [1.165, 1.54) is 6.20 Å². The first-order valence-corrected chi connectivity index (χ1v) is 17.7. The van der Waals surface area contributed by atoms with Crippen molar-refractivity contribution in [2.75, 3.05) is 0 Å². The van der Waals surface area contributed by atoms with Crippen molar-refractivity contribution in [3.05, 3.63) is 144 Å². The van der Waals surface area contributed by atoms with Gasteiger partial charge >= 0.3 is 0 Å². The summed E-state index contributed by atoms with van der Waals surface area (Å²) in [6, 6.07) is 39.1. The number of rotatable bonds is 5. The molecule has 7 aromatic rings. The molecule has 0 spiro atoms. The number of hydrogen-bond donors (Lipinski definition) is 0. The number of benzene rings is 4. The summed E-state index contributed by atoms with van der Waals surface area (Å²) < 4.78 is 56.2. The molecule has 0 saturated heterocycles. The average molecular weight is 867 g/mol. The van der Waals surface area contributed by atoms with E-state index >= 15 is 0 Å². The summed E-state index contributed by atoms with van der Waals surface area (Å²) in [5, 5.41) is 1.99. The Bertz CT molecular complexity index is 2490. The molecule has 1 aliphatic rings. The molecule has 0 atom stereocenters. The average Bonchev–Trinajstić information content (AvgIpc) is 3.58. The van der Waals surface area contributed by atoms with Crippen LogP contribution in [0.3, 0.4) is 0 Å². The summed E-state index contributed by atoms with van der Waals surface area (Å²) in [6.07, 6.45) is 5.39. The maximum Gasteiger partial charge on any atom is 0.120 e. The van der Waals surface area contributed by atoms with Gasteiger partial charge in [0, 0.05) is 46.1 Å². The molecular formula is C48H48IrN2O-2. The van der Waals surface area contributed by atoms with Crippen molar-refractivity contribution in [3.8, 4) is 33.6 Å². The van der Waals surface area contributed by atoms with Crippen LogP contribution in [-0.4, -0.2) is 9.97 Å². The standard InChI is InChI=1S/C32H30NO.C16H18N.Ir/c1-21-20-33-29(27-9-6-8-26-25-7-4-5-10-30(25)34-31(26)27)19-28(21)24-13-11-22(12-14-24)23-15-17-32(2,3)18-16-23;1-16(2,3)11-13-9-10-15(17-12-13)14-7-5-4-6-8-14;/h4-8,10-14,19-20,23H,15-18H2,1-3H3;4-7,9-10,12H,11H2,1-3H3;/q2*-1;/i1D3,23D;11D2;. The second-order valence-corrected chi connectivity index (χ2v) is 15.2. The third-order valence-corrected chi connectivity index (χ3v) is 9.58. The molecule has 1 radical (unpaired) electrons. The number of aryl methyl sites for hydroxylation is 1. The molecule has 3 heterocycles. The maximum absolute atomic E-state index is 9.11. The summed E-state index contributed by atoms with van der Waals surface area (Å²) >= 11 is 0. The van der Waals surface area contributed by atoms with E-state index in [1.807, 2.05) is 124 Å². The molecule has 267 valence electrons. The maximum atomic E-state index is 9.11. The minimum Gasteiger partial charge on any atom is -0.501 e. The summed E-state index contributed by atoms with van der Waals surface area (Å²) in [4.78, 5) is 8.91. The SMILES string of the molecule is [2H]C([2H])([2H])c1cnc(-c2[c-]ccc3c2oc2ccccc23)cc1-c1ccc(C2([2H])CCC(C)(C)CC2)cc1.[2H]C([2H])(c1ccc(-c2[c-]cccc2)nc1)C(C)(C)C.[Ir]. The third kappa shape index (κ3) is 8.63. The van der Waals surface area contributed by atoms with E-state index in [2.05, 4.69) is 35.9 Å². The first-order chi connectivity index (χ1) is 26.9. The van der Waals surface area contributed by atoms with Crippen LogP contribution in [-0.2, 0) is 26.5 Å². The van der Waals surface area contributed by atoms with Crippen molar-refractivity contribution in [2.45, 2.75) is 79.4 Å². The first-order valence-electron chi connectivity index (χ1n) is 20.7. The van der Waals surface area contributed by atoms with Gasteiger partial charge < -0.3 is 14.4 Å². The van der Waals surface area contributed by atoms with Gasteiger partial charge in [-0.3, -0.25) is 0 Å². The zero-order valence-electron chi connectivity index (χ0n) is 36.4. The van der Waals surface area contributed by atoms with Crippen LogP contribution in [0, 0.1) is 29.8 Å². The number of hydrogen-bond acceptors (Lipinski definition) is 3. The van der Waals surface area contributed by atoms with E-state index in [4.69, 9.17) is 12.6 Å². The Morgan fingerprint density at radius 3 is 2.29 bits per heavy atom. The summed E-state index contributed by atoms with van der Waals surface area (Å²) in [7, 11) is 0. The Kier molecular flexibility index (Phi) is 9.10. The van der Waals surface area contributed by atoms with Gasteiger partial charge in [-0.2, -0.15) is 0 Å². The van der Waals surface area contributed by atoms with Gasteiger partial charge in [0.05, 0.1) is 5.58 Å². The molecule has 8 rings (SSSR count). The molecule has 0 amide bonds. The molecule has 3 aromatic heterocycles. The van der Waals surface area contributed by atoms with E-state index in [0.717, 1.165) is 64.4 Å². The van der Waals surface area contributed by atoms with E-state index in [0.29, 0.717) is 28.0 Å². The number of nitrogens with zero attached hydrogens (tertiary/aromatic N) is 2. The molecule has 52 heavy (non-hydrogen) atoms. The van der Waals surface area contributed by atoms with E-state index in [1.54, 1.807) is 6.20 Å². The van der Waals surface area contributed by atoms with Crippen LogP contribution in [0.4, 0.5) is 0 Å². The molecule has 0 unspecified atom stereocenters. The Morgan fingerprint density at radius 1 is 0.846 bits per heavy atom. The summed E-state index contributed by atoms with van der Waals surface area (Å²) in [5.41, 5.74) is 7.52. The molecule has 1 fully saturated rings. The van der Waals surface area contributed by atoms with Crippen molar-refractivity contribution in [2.24, 2.45) is 10.8 Å². The molecule has 1 saturated carbocycles. The second kappa shape index (κ2) is 15.7. The zero-order valence-corrected chi connectivity index (χ0v) is 32.8. The van der Waals surface area contributed by atoms with Crippen LogP contribution >= 0.6 is 0 Å². The Morgan fingerprint density at radius 2 is 1.60 bits per heavy atom. The molecule has 0 bridgehead atoms. The van der Waals surface area contributed by atoms with Crippen molar-refractivity contribution < 1.29 is 32.7 Å². The smallest absolute Gasteiger partial charge is 0.120 e. The largest absolute Gasteiger partial charge is 0.501 e. The normalized spacial score (nSPS) is 17.2. The van der Waals surface area contributed by atoms with Crippen LogP contribution in [0.2, 0.25) is 0 Å². The monoisotopic (exact) mass is 867 g/mol. The topological polar surface area (TPSA) is 38.9 Å². The minimum atomic E-state index is -2.32. The Balaban J connectivity index is 0.000000240. The van der Waals surface area contributed by atoms with Gasteiger partial charge in [0.2, 0.25) is 0 Å². The van der Waals surface area contributed by atoms with E-state index < -0.39 is 24.5 Å². The quantitative estimate of drug-likeness (QED) is 0.162. The minimum absolute atomic E-state index is 0. The molecule has 3 nitrogen and oxygen atoms in total. The van der Waals surface area contributed by atoms with Gasteiger partial charge in [-0.05, 0) is 101 Å². The van der Waals surface area contributed by atoms with Crippen molar-refractivity contribution >= 4 is 21.9 Å². The molecular weight excluding hydrogens is 813 g/mol. The number of pyridine rings is 2. The molecule has 0 aliphatic heterocycles. The van der Waals surface area contributed by atoms with Crippen molar-refractivity contribution in [1.82, 2.24) is 9.97 Å². The Labute approximate surface area is 331 Å². The molecule has 4 heteroatoms. The third-order valence-electron chi connectivity index (χ3n) is 9.58. The van der Waals surface area contributed by atoms with Gasteiger partial charge in [-0.15, -0.1) is 54.1 Å². The Hall–Kier alpha value is -4.37. The van der Waals surface area contributed by atoms with Crippen molar-refractivity contribution in [1.29, 1.82) is 0 Å². The zero-order chi connectivity index (χ0) is 40.8. The number of fused-ring (bicyclic) bond motifs is 3. The number of furan rings is 1. The summed E-state index contributed by atoms with van der Waals surface area (Å²) in [5.74, 6) is -0.601. The van der Waals surface area contributed by atoms with Gasteiger partial charge in [0.1, 0.15) is 5.58 Å². The van der Waals surface area contributed by atoms with Crippen molar-refractivity contribution in [3.63, 3.8) is 0 Å². The molecule has 4 aromatic carbocycles. The fraction of sp³-hybridized carbons (Fsp3) is 0.292. The number of para-hydroxylation sites is 1. The van der Waals surface area contributed by atoms with Gasteiger partial charge in [-0.25, -0.2) is 0 Å². The van der Waals surface area contributed by atoms with Crippen LogP contribution in [0.5, 0.6) is 0 Å². The number of aromatic nitrogens is 2. The second-order valence-electron chi connectivity index (χ2n) is 15.2. The first kappa shape index (κ1) is 30.1. The van der Waals surface area contributed by atoms with Crippen LogP contribution in [0.15, 0.2) is 120 Å². The van der Waals surface area contributed by atoms with Crippen LogP contribution < -0.4 is 0 Å². The fourth-order valence-electron chi connectivity index (χ4n) is 6.73. The fourth-order valence-corrected chi connectivity index (χ4v) is 6.73.